The fourth-order valence-corrected chi connectivity index (χ4v) is 8.76. The maximum absolute atomic E-state index is 15.0. The summed E-state index contributed by atoms with van der Waals surface area (Å²) in [7, 11) is 1.14. The number of carboxylic acid groups (broad SMARTS) is 1. The van der Waals surface area contributed by atoms with Crippen molar-refractivity contribution in [2.45, 2.75) is 88.5 Å². The van der Waals surface area contributed by atoms with E-state index >= 15 is 4.79 Å². The van der Waals surface area contributed by atoms with Gasteiger partial charge >= 0.3 is 5.97 Å². The smallest absolute Gasteiger partial charge is 0.330 e. The van der Waals surface area contributed by atoms with Crippen LogP contribution in [0, 0.1) is 5.92 Å². The average molecular weight is 1130 g/mol. The highest BCUT2D eigenvalue weighted by atomic mass is 35.5. The molecule has 0 bridgehead atoms. The standard InChI is InChI=1S/C55H60Cl2N6O16/c1-6-7-26(2)28(4)58-45(48(71)31-12-18-41(69)38(56)23-31)51(74)59-40(20-27(3)64)54(77)63(5)47(30-10-16-35(66)17-11-30)53(76)60-43(29-8-14-34(65)15-9-29)50(73)62-46(49(72)32-13-19-42(70)39(57)24-32)52(75)61-44(55(78)79)33-21-36(67)25-37(68)22-33/h8-19,21-26,40,43-49,58,65-72H,4,6-7,20H2,1-3,5H3,(H,59,74)(H,60,76)(H,61,75)(H,62,73)(H,78,79). The molecule has 14 N–H and O–H groups in total. The molecule has 9 unspecified atom stereocenters. The molecule has 0 saturated carbocycles. The Morgan fingerprint density at radius 2 is 1.01 bits per heavy atom. The molecule has 0 aliphatic carbocycles. The van der Waals surface area contributed by atoms with Gasteiger partial charge in [0.25, 0.3) is 0 Å². The number of hydrogen-bond donors (Lipinski definition) is 14. The van der Waals surface area contributed by atoms with Gasteiger partial charge in [-0.05, 0) is 108 Å². The van der Waals surface area contributed by atoms with E-state index in [-0.39, 0.29) is 61.0 Å². The molecule has 0 heterocycles. The monoisotopic (exact) mass is 1130 g/mol. The number of allylic oxidation sites excluding steroid dienone is 1. The Balaban J connectivity index is 1.56. The number of rotatable bonds is 25. The van der Waals surface area contributed by atoms with E-state index in [9.17, 15) is 74.7 Å². The summed E-state index contributed by atoms with van der Waals surface area (Å²) in [6, 6.07) is 7.90. The maximum Gasteiger partial charge on any atom is 0.330 e. The summed E-state index contributed by atoms with van der Waals surface area (Å²) in [6.07, 6.45) is -3.12. The number of hydrogen-bond acceptors (Lipinski definition) is 16. The van der Waals surface area contributed by atoms with E-state index in [1.807, 2.05) is 13.8 Å². The highest BCUT2D eigenvalue weighted by molar-refractivity contribution is 6.32. The number of aliphatic carboxylic acids is 1. The third-order valence-corrected chi connectivity index (χ3v) is 13.2. The van der Waals surface area contributed by atoms with Gasteiger partial charge in [-0.15, -0.1) is 0 Å². The van der Waals surface area contributed by atoms with Crippen LogP contribution in [0.5, 0.6) is 34.5 Å². The first-order valence-corrected chi connectivity index (χ1v) is 25.1. The highest BCUT2D eigenvalue weighted by Gasteiger charge is 2.40. The van der Waals surface area contributed by atoms with Crippen LogP contribution in [0.2, 0.25) is 10.0 Å². The molecule has 5 amide bonds. The first kappa shape index (κ1) is 61.3. The number of likely N-dealkylation sites (N-methyl/N-ethyl adjacent to an activating group) is 1. The Morgan fingerprint density at radius 1 is 0.557 bits per heavy atom. The zero-order valence-electron chi connectivity index (χ0n) is 42.9. The minimum Gasteiger partial charge on any atom is -0.508 e. The van der Waals surface area contributed by atoms with Crippen molar-refractivity contribution in [3.05, 3.63) is 153 Å². The molecule has 5 aromatic carbocycles. The number of aliphatic hydroxyl groups excluding tert-OH is 2. The predicted octanol–water partition coefficient (Wildman–Crippen LogP) is 4.85. The van der Waals surface area contributed by atoms with Crippen LogP contribution in [0.4, 0.5) is 0 Å². The molecule has 0 fully saturated rings. The summed E-state index contributed by atoms with van der Waals surface area (Å²) in [5, 5.41) is 107. The van der Waals surface area contributed by atoms with E-state index in [4.69, 9.17) is 23.2 Å². The molecule has 0 radical (unpaired) electrons. The molecule has 9 atom stereocenters. The molecule has 22 nitrogen and oxygen atoms in total. The SMILES string of the molecule is C=C(NC(C(=O)NC(CC(C)=O)C(=O)N(C)C(C(=O)NC(C(=O)NC(C(=O)NC(C(=O)O)c1cc(O)cc(O)c1)C(O)c1ccc(O)c(Cl)c1)c1ccc(O)cc1)c1ccc(O)cc1)C(O)c1ccc(O)c(Cl)c1)C(C)CCC. The van der Waals surface area contributed by atoms with Gasteiger partial charge in [0, 0.05) is 25.2 Å². The minimum absolute atomic E-state index is 0.0149. The molecule has 79 heavy (non-hydrogen) atoms. The van der Waals surface area contributed by atoms with Crippen molar-refractivity contribution in [1.29, 1.82) is 0 Å². The number of carbonyl (C=O) groups is 7. The summed E-state index contributed by atoms with van der Waals surface area (Å²) in [6.45, 7) is 8.94. The minimum atomic E-state index is -2.19. The van der Waals surface area contributed by atoms with Crippen molar-refractivity contribution in [1.82, 2.24) is 31.5 Å². The van der Waals surface area contributed by atoms with Crippen LogP contribution >= 0.6 is 23.2 Å². The van der Waals surface area contributed by atoms with Gasteiger partial charge in [-0.1, -0.05) is 86.4 Å². The number of phenolic OH excluding ortho intramolecular Hbond substituents is 6. The van der Waals surface area contributed by atoms with Crippen LogP contribution in [0.3, 0.4) is 0 Å². The zero-order valence-corrected chi connectivity index (χ0v) is 44.4. The fourth-order valence-electron chi connectivity index (χ4n) is 8.38. The molecule has 420 valence electrons. The number of amides is 5. The van der Waals surface area contributed by atoms with Crippen molar-refractivity contribution >= 4 is 64.5 Å². The topological polar surface area (TPSA) is 365 Å². The summed E-state index contributed by atoms with van der Waals surface area (Å²) in [4.78, 5) is 99.7. The van der Waals surface area contributed by atoms with Gasteiger partial charge in [0.15, 0.2) is 6.04 Å². The van der Waals surface area contributed by atoms with Crippen molar-refractivity contribution in [3.8, 4) is 34.5 Å². The predicted molar refractivity (Wildman–Crippen MR) is 286 cm³/mol. The number of benzene rings is 5. The van der Waals surface area contributed by atoms with Crippen LogP contribution in [-0.2, 0) is 33.6 Å². The van der Waals surface area contributed by atoms with Crippen molar-refractivity contribution in [3.63, 3.8) is 0 Å². The molecule has 5 rings (SSSR count). The summed E-state index contributed by atoms with van der Waals surface area (Å²) >= 11 is 12.3. The first-order chi connectivity index (χ1) is 37.2. The van der Waals surface area contributed by atoms with E-state index in [0.29, 0.717) is 12.1 Å². The lowest BCUT2D eigenvalue weighted by atomic mass is 9.97. The molecule has 0 aliphatic rings. The number of carbonyl (C=O) groups excluding carboxylic acids is 6. The maximum atomic E-state index is 15.0. The molecular weight excluding hydrogens is 1070 g/mol. The first-order valence-electron chi connectivity index (χ1n) is 24.3. The Labute approximate surface area is 462 Å². The van der Waals surface area contributed by atoms with E-state index in [0.717, 1.165) is 73.8 Å². The third kappa shape index (κ3) is 16.0. The van der Waals surface area contributed by atoms with Crippen LogP contribution in [0.15, 0.2) is 115 Å². The third-order valence-electron chi connectivity index (χ3n) is 12.6. The number of halogens is 2. The van der Waals surface area contributed by atoms with Crippen LogP contribution in [0.25, 0.3) is 0 Å². The van der Waals surface area contributed by atoms with Crippen molar-refractivity contribution in [2.24, 2.45) is 5.92 Å². The van der Waals surface area contributed by atoms with Crippen LogP contribution in [0.1, 0.15) is 98.2 Å². The lowest BCUT2D eigenvalue weighted by molar-refractivity contribution is -0.144. The number of nitrogens with zero attached hydrogens (tertiary/aromatic N) is 1. The van der Waals surface area contributed by atoms with E-state index in [1.54, 1.807) is 0 Å². The number of Topliss-reactive ketones (excluding diaryl/α,β-unsaturated/α-hetero) is 1. The molecule has 24 heteroatoms. The molecule has 0 aromatic heterocycles. The Bertz CT molecular complexity index is 3050. The molecule has 0 aliphatic heterocycles. The van der Waals surface area contributed by atoms with Crippen molar-refractivity contribution in [2.75, 3.05) is 7.05 Å². The van der Waals surface area contributed by atoms with Gasteiger partial charge in [-0.2, -0.15) is 0 Å². The van der Waals surface area contributed by atoms with Gasteiger partial charge in [-0.3, -0.25) is 28.8 Å². The largest absolute Gasteiger partial charge is 0.508 e. The van der Waals surface area contributed by atoms with Gasteiger partial charge in [-0.25, -0.2) is 4.79 Å². The Hall–Kier alpha value is -8.57. The number of nitrogens with one attached hydrogen (secondary N) is 5. The Kier molecular flexibility index (Phi) is 21.1. The van der Waals surface area contributed by atoms with E-state index < -0.39 is 113 Å². The quantitative estimate of drug-likeness (QED) is 0.0371. The lowest BCUT2D eigenvalue weighted by Crippen LogP contribution is -2.57. The van der Waals surface area contributed by atoms with Crippen molar-refractivity contribution < 1.29 is 79.5 Å². The van der Waals surface area contributed by atoms with Crippen LogP contribution in [-0.4, -0.2) is 117 Å². The molecular formula is C55H60Cl2N6O16. The summed E-state index contributed by atoms with van der Waals surface area (Å²) in [5.41, 5.74) is -0.254. The second kappa shape index (κ2) is 27.1. The van der Waals surface area contributed by atoms with E-state index in [1.165, 1.54) is 54.6 Å². The molecule has 0 saturated heterocycles. The average Bonchev–Trinajstić information content (AvgIpc) is 3.44. The van der Waals surface area contributed by atoms with Gasteiger partial charge in [0.2, 0.25) is 29.5 Å². The zero-order chi connectivity index (χ0) is 58.6. The lowest BCUT2D eigenvalue weighted by Gasteiger charge is -2.34. The van der Waals surface area contributed by atoms with Gasteiger partial charge in [0.05, 0.1) is 10.0 Å². The second-order valence-corrected chi connectivity index (χ2v) is 19.5. The summed E-state index contributed by atoms with van der Waals surface area (Å²) < 4.78 is 0. The molecule has 5 aromatic rings. The number of ketones is 1. The number of phenols is 6. The number of aliphatic hydroxyl groups is 2. The normalized spacial score (nSPS) is 14.5. The number of carboxylic acids is 1. The highest BCUT2D eigenvalue weighted by Crippen LogP contribution is 2.33. The van der Waals surface area contributed by atoms with Gasteiger partial charge in [0.1, 0.15) is 82.7 Å². The number of aromatic hydroxyl groups is 6. The second-order valence-electron chi connectivity index (χ2n) is 18.6. The fraction of sp³-hybridized carbons (Fsp3) is 0.291. The summed E-state index contributed by atoms with van der Waals surface area (Å²) in [5.74, 6) is -11.0. The Morgan fingerprint density at radius 3 is 1.48 bits per heavy atom. The van der Waals surface area contributed by atoms with Gasteiger partial charge < -0.3 is 77.4 Å². The van der Waals surface area contributed by atoms with Crippen LogP contribution < -0.4 is 26.6 Å². The van der Waals surface area contributed by atoms with E-state index in [2.05, 4.69) is 33.2 Å². The molecule has 0 spiro atoms.